The third kappa shape index (κ3) is 4.38. The van der Waals surface area contributed by atoms with Crippen molar-refractivity contribution in [2.75, 3.05) is 11.9 Å². The van der Waals surface area contributed by atoms with Crippen LogP contribution in [0.15, 0.2) is 41.8 Å². The molecule has 0 saturated carbocycles. The monoisotopic (exact) mass is 411 g/mol. The maximum absolute atomic E-state index is 12.5. The highest BCUT2D eigenvalue weighted by Gasteiger charge is 2.20. The number of nitrogens with zero attached hydrogens (tertiary/aromatic N) is 1. The van der Waals surface area contributed by atoms with Crippen molar-refractivity contribution in [3.63, 3.8) is 0 Å². The Labute approximate surface area is 172 Å². The second-order valence-corrected chi connectivity index (χ2v) is 7.53. The Kier molecular flexibility index (Phi) is 5.84. The van der Waals surface area contributed by atoms with Crippen molar-refractivity contribution in [1.29, 1.82) is 0 Å². The van der Waals surface area contributed by atoms with Gasteiger partial charge in [-0.2, -0.15) is 0 Å². The molecule has 0 aliphatic rings. The van der Waals surface area contributed by atoms with Crippen LogP contribution in [0.2, 0.25) is 0 Å². The number of hydrogen-bond acceptors (Lipinski definition) is 5. The van der Waals surface area contributed by atoms with Crippen molar-refractivity contribution < 1.29 is 19.1 Å². The van der Waals surface area contributed by atoms with Gasteiger partial charge in [0.15, 0.2) is 6.61 Å². The highest BCUT2D eigenvalue weighted by Crippen LogP contribution is 2.23. The Balaban J connectivity index is 1.70. The van der Waals surface area contributed by atoms with Crippen molar-refractivity contribution in [2.45, 2.75) is 20.8 Å². The number of carbonyl (C=O) groups is 3. The van der Waals surface area contributed by atoms with Gasteiger partial charge in [-0.05, 0) is 56.0 Å². The van der Waals surface area contributed by atoms with Crippen LogP contribution < -0.4 is 11.1 Å². The number of thiophene rings is 1. The van der Waals surface area contributed by atoms with E-state index in [1.54, 1.807) is 11.4 Å². The van der Waals surface area contributed by atoms with E-state index in [2.05, 4.69) is 5.32 Å². The molecule has 0 saturated heterocycles. The van der Waals surface area contributed by atoms with Crippen LogP contribution in [-0.2, 0) is 9.53 Å². The predicted octanol–water partition coefficient (Wildman–Crippen LogP) is 3.36. The summed E-state index contributed by atoms with van der Waals surface area (Å²) in [7, 11) is 0. The summed E-state index contributed by atoms with van der Waals surface area (Å²) in [4.78, 5) is 35.9. The molecule has 3 rings (SSSR count). The Morgan fingerprint density at radius 1 is 1.10 bits per heavy atom. The maximum Gasteiger partial charge on any atom is 0.340 e. The van der Waals surface area contributed by atoms with Gasteiger partial charge in [0.2, 0.25) is 0 Å². The molecule has 0 aliphatic heterocycles. The molecule has 0 bridgehead atoms. The van der Waals surface area contributed by atoms with E-state index in [4.69, 9.17) is 10.5 Å². The van der Waals surface area contributed by atoms with Crippen LogP contribution in [0.1, 0.15) is 37.7 Å². The molecule has 0 aliphatic carbocycles. The number of ether oxygens (including phenoxy) is 1. The number of aryl methyl sites for hydroxylation is 2. The predicted molar refractivity (Wildman–Crippen MR) is 112 cm³/mol. The minimum atomic E-state index is -0.637. The van der Waals surface area contributed by atoms with Crippen molar-refractivity contribution in [3.05, 3.63) is 69.9 Å². The lowest BCUT2D eigenvalue weighted by atomic mass is 10.2. The summed E-state index contributed by atoms with van der Waals surface area (Å²) in [5, 5.41) is 4.51. The Morgan fingerprint density at radius 2 is 1.86 bits per heavy atom. The average Bonchev–Trinajstić information content (AvgIpc) is 3.24. The van der Waals surface area contributed by atoms with Gasteiger partial charge in [0.25, 0.3) is 11.8 Å². The van der Waals surface area contributed by atoms with Gasteiger partial charge in [0.05, 0.1) is 11.1 Å². The number of carbonyl (C=O) groups excluding carboxylic acids is 3. The summed E-state index contributed by atoms with van der Waals surface area (Å²) in [6.07, 6.45) is 0. The maximum atomic E-state index is 12.5. The Hall–Kier alpha value is -3.39. The zero-order valence-corrected chi connectivity index (χ0v) is 17.1. The molecule has 3 N–H and O–H groups in total. The number of benzene rings is 1. The first kappa shape index (κ1) is 20.3. The molecule has 3 aromatic rings. The molecule has 1 aromatic carbocycles. The number of primary amides is 1. The third-order valence-corrected chi connectivity index (χ3v) is 5.26. The first-order chi connectivity index (χ1) is 13.8. The van der Waals surface area contributed by atoms with Crippen LogP contribution in [0.25, 0.3) is 5.69 Å². The molecule has 29 heavy (non-hydrogen) atoms. The number of nitrogens with one attached hydrogen (secondary N) is 1. The smallest absolute Gasteiger partial charge is 0.340 e. The van der Waals surface area contributed by atoms with Gasteiger partial charge in [-0.1, -0.05) is 12.1 Å². The lowest BCUT2D eigenvalue weighted by Crippen LogP contribution is -2.22. The molecule has 0 unspecified atom stereocenters. The van der Waals surface area contributed by atoms with E-state index < -0.39 is 24.4 Å². The number of amides is 2. The molecule has 0 fully saturated rings. The number of nitrogens with two attached hydrogens (primary N) is 1. The summed E-state index contributed by atoms with van der Waals surface area (Å²) in [5.41, 5.74) is 9.54. The van der Waals surface area contributed by atoms with Gasteiger partial charge in [-0.3, -0.25) is 9.59 Å². The fourth-order valence-corrected chi connectivity index (χ4v) is 3.91. The Morgan fingerprint density at radius 3 is 2.55 bits per heavy atom. The fourth-order valence-electron chi connectivity index (χ4n) is 3.11. The lowest BCUT2D eigenvalue weighted by molar-refractivity contribution is -0.119. The SMILES string of the molecule is Cc1cccc(-n2c(C)cc(C(=O)OCC(=O)Nc3sccc3C(N)=O)c2C)c1. The molecule has 150 valence electrons. The van der Waals surface area contributed by atoms with Gasteiger partial charge in [-0.15, -0.1) is 11.3 Å². The molecule has 0 spiro atoms. The normalized spacial score (nSPS) is 10.6. The molecule has 0 radical (unpaired) electrons. The standard InChI is InChI=1S/C21H21N3O4S/c1-12-5-4-6-15(9-12)24-13(2)10-17(14(24)3)21(27)28-11-18(25)23-20-16(19(22)26)7-8-29-20/h4-10H,11H2,1-3H3,(H2,22,26)(H,23,25). The van der Waals surface area contributed by atoms with E-state index in [-0.39, 0.29) is 5.56 Å². The van der Waals surface area contributed by atoms with E-state index in [0.29, 0.717) is 10.6 Å². The largest absolute Gasteiger partial charge is 0.452 e. The number of anilines is 1. The molecule has 2 aromatic heterocycles. The van der Waals surface area contributed by atoms with E-state index in [1.807, 2.05) is 49.6 Å². The summed E-state index contributed by atoms with van der Waals surface area (Å²) in [6, 6.07) is 11.2. The zero-order chi connectivity index (χ0) is 21.1. The molecular formula is C21H21N3O4S. The van der Waals surface area contributed by atoms with Gasteiger partial charge in [0, 0.05) is 17.1 Å². The first-order valence-electron chi connectivity index (χ1n) is 8.88. The van der Waals surface area contributed by atoms with Gasteiger partial charge < -0.3 is 20.4 Å². The summed E-state index contributed by atoms with van der Waals surface area (Å²) >= 11 is 1.17. The minimum absolute atomic E-state index is 0.219. The van der Waals surface area contributed by atoms with E-state index >= 15 is 0 Å². The lowest BCUT2D eigenvalue weighted by Gasteiger charge is -2.11. The van der Waals surface area contributed by atoms with E-state index in [9.17, 15) is 14.4 Å². The number of hydrogen-bond donors (Lipinski definition) is 2. The van der Waals surface area contributed by atoms with E-state index in [1.165, 1.54) is 17.4 Å². The quantitative estimate of drug-likeness (QED) is 0.607. The first-order valence-corrected chi connectivity index (χ1v) is 9.76. The highest BCUT2D eigenvalue weighted by molar-refractivity contribution is 7.14. The van der Waals surface area contributed by atoms with Gasteiger partial charge in [-0.25, -0.2) is 4.79 Å². The number of aromatic nitrogens is 1. The summed E-state index contributed by atoms with van der Waals surface area (Å²) < 4.78 is 7.14. The average molecular weight is 411 g/mol. The van der Waals surface area contributed by atoms with Crippen molar-refractivity contribution in [1.82, 2.24) is 4.57 Å². The molecule has 2 amide bonds. The molecule has 8 heteroatoms. The van der Waals surface area contributed by atoms with Gasteiger partial charge >= 0.3 is 5.97 Å². The third-order valence-electron chi connectivity index (χ3n) is 4.43. The van der Waals surface area contributed by atoms with E-state index in [0.717, 1.165) is 22.6 Å². The van der Waals surface area contributed by atoms with Gasteiger partial charge in [0.1, 0.15) is 5.00 Å². The number of esters is 1. The highest BCUT2D eigenvalue weighted by atomic mass is 32.1. The topological polar surface area (TPSA) is 103 Å². The molecule has 2 heterocycles. The van der Waals surface area contributed by atoms with Crippen LogP contribution in [0.5, 0.6) is 0 Å². The van der Waals surface area contributed by atoms with Crippen molar-refractivity contribution >= 4 is 34.1 Å². The second-order valence-electron chi connectivity index (χ2n) is 6.61. The van der Waals surface area contributed by atoms with Crippen LogP contribution in [0.4, 0.5) is 5.00 Å². The van der Waals surface area contributed by atoms with Crippen LogP contribution in [-0.4, -0.2) is 29.0 Å². The Bertz CT molecular complexity index is 1100. The summed E-state index contributed by atoms with van der Waals surface area (Å²) in [6.45, 7) is 5.27. The molecule has 7 nitrogen and oxygen atoms in total. The van der Waals surface area contributed by atoms with Crippen molar-refractivity contribution in [3.8, 4) is 5.69 Å². The fraction of sp³-hybridized carbons (Fsp3) is 0.190. The molecule has 0 atom stereocenters. The molecular weight excluding hydrogens is 390 g/mol. The van der Waals surface area contributed by atoms with Crippen LogP contribution >= 0.6 is 11.3 Å². The van der Waals surface area contributed by atoms with Crippen LogP contribution in [0, 0.1) is 20.8 Å². The summed E-state index contributed by atoms with van der Waals surface area (Å²) in [5.74, 6) is -1.77. The second kappa shape index (κ2) is 8.32. The number of rotatable bonds is 6. The minimum Gasteiger partial charge on any atom is -0.452 e. The van der Waals surface area contributed by atoms with Crippen molar-refractivity contribution in [2.24, 2.45) is 5.73 Å². The zero-order valence-electron chi connectivity index (χ0n) is 16.3. The van der Waals surface area contributed by atoms with Crippen LogP contribution in [0.3, 0.4) is 0 Å².